The van der Waals surface area contributed by atoms with Crippen LogP contribution in [0.1, 0.15) is 65.2 Å². The Balaban J connectivity index is 1.47. The Morgan fingerprint density at radius 3 is 2.59 bits per heavy atom. The maximum absolute atomic E-state index is 12.8. The second-order valence-corrected chi connectivity index (χ2v) is 8.71. The molecule has 2 unspecified atom stereocenters. The van der Waals surface area contributed by atoms with E-state index in [4.69, 9.17) is 4.99 Å². The molecular formula is C21H39N5O. The summed E-state index contributed by atoms with van der Waals surface area (Å²) in [5.41, 5.74) is 0. The van der Waals surface area contributed by atoms with Gasteiger partial charge in [-0.15, -0.1) is 0 Å². The summed E-state index contributed by atoms with van der Waals surface area (Å²) < 4.78 is 0. The zero-order valence-corrected chi connectivity index (χ0v) is 17.5. The number of amides is 1. The van der Waals surface area contributed by atoms with E-state index in [1.165, 1.54) is 32.1 Å². The van der Waals surface area contributed by atoms with Gasteiger partial charge in [-0.3, -0.25) is 14.7 Å². The van der Waals surface area contributed by atoms with Gasteiger partial charge in [-0.2, -0.15) is 0 Å². The summed E-state index contributed by atoms with van der Waals surface area (Å²) in [4.78, 5) is 22.1. The molecular weight excluding hydrogens is 338 g/mol. The first-order valence-corrected chi connectivity index (χ1v) is 11.1. The quantitative estimate of drug-likeness (QED) is 0.527. The van der Waals surface area contributed by atoms with Gasteiger partial charge in [0.2, 0.25) is 5.91 Å². The highest BCUT2D eigenvalue weighted by molar-refractivity contribution is 5.81. The molecule has 1 amide bonds. The molecule has 2 atom stereocenters. The first-order valence-electron chi connectivity index (χ1n) is 11.1. The molecule has 1 saturated heterocycles. The third kappa shape index (κ3) is 5.84. The average Bonchev–Trinajstić information content (AvgIpc) is 3.44. The second-order valence-electron chi connectivity index (χ2n) is 8.71. The number of guanidine groups is 1. The number of rotatable bonds is 7. The Bertz CT molecular complexity index is 513. The van der Waals surface area contributed by atoms with E-state index >= 15 is 0 Å². The molecule has 0 aromatic rings. The Morgan fingerprint density at radius 2 is 1.93 bits per heavy atom. The molecule has 154 valence electrons. The van der Waals surface area contributed by atoms with Crippen LogP contribution < -0.4 is 10.6 Å². The average molecular weight is 378 g/mol. The fourth-order valence-electron chi connectivity index (χ4n) is 4.39. The van der Waals surface area contributed by atoms with Crippen LogP contribution in [-0.2, 0) is 4.79 Å². The molecule has 3 aliphatic rings. The van der Waals surface area contributed by atoms with Crippen molar-refractivity contribution in [3.8, 4) is 0 Å². The first kappa shape index (κ1) is 20.4. The molecule has 0 bridgehead atoms. The second kappa shape index (κ2) is 9.76. The van der Waals surface area contributed by atoms with E-state index in [9.17, 15) is 4.79 Å². The molecule has 1 aliphatic heterocycles. The van der Waals surface area contributed by atoms with Crippen LogP contribution in [-0.4, -0.2) is 73.0 Å². The maximum Gasteiger partial charge on any atom is 0.225 e. The van der Waals surface area contributed by atoms with Crippen LogP contribution in [0.15, 0.2) is 4.99 Å². The van der Waals surface area contributed by atoms with Crippen molar-refractivity contribution < 1.29 is 4.79 Å². The predicted octanol–water partition coefficient (Wildman–Crippen LogP) is 2.21. The van der Waals surface area contributed by atoms with Crippen molar-refractivity contribution in [2.24, 2.45) is 10.9 Å². The lowest BCUT2D eigenvalue weighted by Crippen LogP contribution is -2.46. The molecule has 0 aromatic heterocycles. The summed E-state index contributed by atoms with van der Waals surface area (Å²) in [6.45, 7) is 7.72. The number of aliphatic imine (C=N–C) groups is 1. The first-order chi connectivity index (χ1) is 13.1. The summed E-state index contributed by atoms with van der Waals surface area (Å²) in [7, 11) is 2.21. The number of nitrogens with zero attached hydrogens (tertiary/aromatic N) is 3. The van der Waals surface area contributed by atoms with E-state index in [0.29, 0.717) is 18.0 Å². The van der Waals surface area contributed by atoms with Gasteiger partial charge >= 0.3 is 0 Å². The highest BCUT2D eigenvalue weighted by Gasteiger charge is 2.32. The lowest BCUT2D eigenvalue weighted by molar-refractivity contribution is -0.135. The van der Waals surface area contributed by atoms with Crippen molar-refractivity contribution in [2.45, 2.75) is 83.3 Å². The molecule has 0 radical (unpaired) electrons. The topological polar surface area (TPSA) is 60.0 Å². The van der Waals surface area contributed by atoms with Gasteiger partial charge in [-0.05, 0) is 53.0 Å². The van der Waals surface area contributed by atoms with Gasteiger partial charge < -0.3 is 15.5 Å². The molecule has 2 saturated carbocycles. The monoisotopic (exact) mass is 377 g/mol. The standard InChI is InChI=1S/C21H39N5O/c1-4-22-21(23-14-16(2)25(3)19-10-11-19)24-18-12-13-26(15-18)20(27)17-8-6-5-7-9-17/h16-19H,4-15H2,1-3H3,(H2,22,23,24). The molecule has 1 heterocycles. The summed E-state index contributed by atoms with van der Waals surface area (Å²) in [6.07, 6.45) is 9.58. The number of hydrogen-bond donors (Lipinski definition) is 2. The normalized spacial score (nSPS) is 25.7. The van der Waals surface area contributed by atoms with Crippen LogP contribution in [0.25, 0.3) is 0 Å². The van der Waals surface area contributed by atoms with E-state index in [2.05, 4.69) is 41.3 Å². The number of likely N-dealkylation sites (tertiary alicyclic amines) is 1. The van der Waals surface area contributed by atoms with Crippen LogP contribution in [0.5, 0.6) is 0 Å². The van der Waals surface area contributed by atoms with Crippen molar-refractivity contribution >= 4 is 11.9 Å². The number of hydrogen-bond acceptors (Lipinski definition) is 3. The van der Waals surface area contributed by atoms with E-state index in [-0.39, 0.29) is 5.92 Å². The van der Waals surface area contributed by atoms with Gasteiger partial charge in [0.25, 0.3) is 0 Å². The Morgan fingerprint density at radius 1 is 1.19 bits per heavy atom. The minimum Gasteiger partial charge on any atom is -0.357 e. The van der Waals surface area contributed by atoms with Gasteiger partial charge in [0.15, 0.2) is 5.96 Å². The Kier molecular flexibility index (Phi) is 7.39. The van der Waals surface area contributed by atoms with Gasteiger partial charge in [-0.1, -0.05) is 19.3 Å². The van der Waals surface area contributed by atoms with Crippen molar-refractivity contribution in [3.05, 3.63) is 0 Å². The highest BCUT2D eigenvalue weighted by atomic mass is 16.2. The molecule has 3 fully saturated rings. The highest BCUT2D eigenvalue weighted by Crippen LogP contribution is 2.27. The van der Waals surface area contributed by atoms with Crippen molar-refractivity contribution in [1.29, 1.82) is 0 Å². The summed E-state index contributed by atoms with van der Waals surface area (Å²) in [6, 6.07) is 1.53. The minimum atomic E-state index is 0.276. The summed E-state index contributed by atoms with van der Waals surface area (Å²) in [5.74, 6) is 1.56. The molecule has 2 N–H and O–H groups in total. The molecule has 6 heteroatoms. The summed E-state index contributed by atoms with van der Waals surface area (Å²) >= 11 is 0. The van der Waals surface area contributed by atoms with Gasteiger partial charge in [0.1, 0.15) is 0 Å². The Hall–Kier alpha value is -1.30. The lowest BCUT2D eigenvalue weighted by atomic mass is 9.88. The van der Waals surface area contributed by atoms with Gasteiger partial charge in [0, 0.05) is 43.7 Å². The van der Waals surface area contributed by atoms with Crippen molar-refractivity contribution in [2.75, 3.05) is 33.2 Å². The van der Waals surface area contributed by atoms with Gasteiger partial charge in [-0.25, -0.2) is 0 Å². The Labute approximate surface area is 165 Å². The fraction of sp³-hybridized carbons (Fsp3) is 0.905. The van der Waals surface area contributed by atoms with Gasteiger partial charge in [0.05, 0.1) is 6.54 Å². The fourth-order valence-corrected chi connectivity index (χ4v) is 4.39. The van der Waals surface area contributed by atoms with Crippen LogP contribution in [0.4, 0.5) is 0 Å². The van der Waals surface area contributed by atoms with Crippen LogP contribution in [0.2, 0.25) is 0 Å². The number of nitrogens with one attached hydrogen (secondary N) is 2. The molecule has 27 heavy (non-hydrogen) atoms. The summed E-state index contributed by atoms with van der Waals surface area (Å²) in [5, 5.41) is 6.94. The number of carbonyl (C=O) groups is 1. The molecule has 0 spiro atoms. The van der Waals surface area contributed by atoms with Crippen molar-refractivity contribution in [3.63, 3.8) is 0 Å². The molecule has 6 nitrogen and oxygen atoms in total. The van der Waals surface area contributed by atoms with E-state index in [1.54, 1.807) is 0 Å². The van der Waals surface area contributed by atoms with Crippen LogP contribution in [0, 0.1) is 5.92 Å². The third-order valence-electron chi connectivity index (χ3n) is 6.47. The zero-order valence-electron chi connectivity index (χ0n) is 17.5. The molecule has 0 aromatic carbocycles. The third-order valence-corrected chi connectivity index (χ3v) is 6.47. The largest absolute Gasteiger partial charge is 0.357 e. The minimum absolute atomic E-state index is 0.276. The lowest BCUT2D eigenvalue weighted by Gasteiger charge is -2.26. The van der Waals surface area contributed by atoms with Crippen LogP contribution >= 0.6 is 0 Å². The maximum atomic E-state index is 12.8. The molecule has 3 rings (SSSR count). The number of carbonyl (C=O) groups excluding carboxylic acids is 1. The smallest absolute Gasteiger partial charge is 0.225 e. The SMILES string of the molecule is CCNC(=NCC(C)N(C)C1CC1)NC1CCN(C(=O)C2CCCCC2)C1. The molecule has 2 aliphatic carbocycles. The van der Waals surface area contributed by atoms with E-state index < -0.39 is 0 Å². The number of likely N-dealkylation sites (N-methyl/N-ethyl adjacent to an activating group) is 1. The predicted molar refractivity (Wildman–Crippen MR) is 111 cm³/mol. The van der Waals surface area contributed by atoms with E-state index in [0.717, 1.165) is 57.4 Å². The van der Waals surface area contributed by atoms with Crippen molar-refractivity contribution in [1.82, 2.24) is 20.4 Å². The zero-order chi connectivity index (χ0) is 19.2. The van der Waals surface area contributed by atoms with Crippen LogP contribution in [0.3, 0.4) is 0 Å². The van der Waals surface area contributed by atoms with E-state index in [1.807, 2.05) is 0 Å².